The standard InChI is InChI=1S/C31H26N4O2/c1-20-25(31(36)35-17-21-6-3-2-4-7-21)8-5-9-28(20)37-29-14-15-32-27-16-23(12-13-26(27)29)24-18-33-30(34-19-24)22-10-11-22/h2-9,12-16,18-19,22H,10-11,17H2,1H3,(H,35,36). The van der Waals surface area contributed by atoms with E-state index in [1.54, 1.807) is 6.20 Å². The minimum absolute atomic E-state index is 0.133. The second kappa shape index (κ2) is 9.82. The van der Waals surface area contributed by atoms with Crippen molar-refractivity contribution in [1.82, 2.24) is 20.3 Å². The second-order valence-electron chi connectivity index (χ2n) is 9.34. The summed E-state index contributed by atoms with van der Waals surface area (Å²) in [5.41, 5.74) is 5.20. The SMILES string of the molecule is Cc1c(Oc2ccnc3cc(-c4cnc(C5CC5)nc4)ccc23)cccc1C(=O)NCc1ccccc1. The van der Waals surface area contributed by atoms with Crippen LogP contribution in [0.2, 0.25) is 0 Å². The van der Waals surface area contributed by atoms with Crippen molar-refractivity contribution in [3.05, 3.63) is 114 Å². The van der Waals surface area contributed by atoms with Crippen molar-refractivity contribution in [2.45, 2.75) is 32.2 Å². The van der Waals surface area contributed by atoms with Gasteiger partial charge in [-0.15, -0.1) is 0 Å². The number of nitrogens with zero attached hydrogens (tertiary/aromatic N) is 3. The van der Waals surface area contributed by atoms with Crippen molar-refractivity contribution in [2.24, 2.45) is 0 Å². The van der Waals surface area contributed by atoms with Crippen molar-refractivity contribution in [1.29, 1.82) is 0 Å². The lowest BCUT2D eigenvalue weighted by atomic mass is 10.1. The molecule has 0 radical (unpaired) electrons. The highest BCUT2D eigenvalue weighted by atomic mass is 16.5. The van der Waals surface area contributed by atoms with E-state index >= 15 is 0 Å². The molecule has 0 atom stereocenters. The van der Waals surface area contributed by atoms with E-state index in [4.69, 9.17) is 4.74 Å². The van der Waals surface area contributed by atoms with Crippen molar-refractivity contribution >= 4 is 16.8 Å². The Balaban J connectivity index is 1.23. The Morgan fingerprint density at radius 2 is 1.70 bits per heavy atom. The lowest BCUT2D eigenvalue weighted by Crippen LogP contribution is -2.23. The molecule has 2 aromatic heterocycles. The molecule has 182 valence electrons. The molecule has 5 aromatic rings. The second-order valence-corrected chi connectivity index (χ2v) is 9.34. The smallest absolute Gasteiger partial charge is 0.251 e. The van der Waals surface area contributed by atoms with Gasteiger partial charge >= 0.3 is 0 Å². The third kappa shape index (κ3) is 4.91. The van der Waals surface area contributed by atoms with Crippen LogP contribution in [0.1, 0.15) is 46.1 Å². The molecule has 0 spiro atoms. The molecule has 6 rings (SSSR count). The quantitative estimate of drug-likeness (QED) is 0.280. The Kier molecular flexibility index (Phi) is 6.06. The first-order valence-electron chi connectivity index (χ1n) is 12.5. The Morgan fingerprint density at radius 1 is 0.892 bits per heavy atom. The summed E-state index contributed by atoms with van der Waals surface area (Å²) in [5, 5.41) is 3.89. The summed E-state index contributed by atoms with van der Waals surface area (Å²) in [4.78, 5) is 26.6. The number of ether oxygens (including phenoxy) is 1. The topological polar surface area (TPSA) is 77.0 Å². The van der Waals surface area contributed by atoms with E-state index in [1.165, 1.54) is 12.8 Å². The van der Waals surface area contributed by atoms with Crippen LogP contribution in [-0.4, -0.2) is 20.9 Å². The van der Waals surface area contributed by atoms with Crippen LogP contribution in [-0.2, 0) is 6.54 Å². The average molecular weight is 487 g/mol. The van der Waals surface area contributed by atoms with Gasteiger partial charge in [0.05, 0.1) is 5.52 Å². The van der Waals surface area contributed by atoms with Crippen molar-refractivity contribution in [3.63, 3.8) is 0 Å². The zero-order valence-corrected chi connectivity index (χ0v) is 20.5. The zero-order valence-electron chi connectivity index (χ0n) is 20.5. The monoisotopic (exact) mass is 486 g/mol. The summed E-state index contributed by atoms with van der Waals surface area (Å²) in [6.45, 7) is 2.37. The number of carbonyl (C=O) groups is 1. The summed E-state index contributed by atoms with van der Waals surface area (Å²) >= 11 is 0. The van der Waals surface area contributed by atoms with Gasteiger partial charge in [-0.1, -0.05) is 42.5 Å². The maximum atomic E-state index is 12.9. The number of rotatable bonds is 7. The van der Waals surface area contributed by atoms with Gasteiger partial charge in [0.15, 0.2) is 0 Å². The van der Waals surface area contributed by atoms with Crippen LogP contribution in [0, 0.1) is 6.92 Å². The molecule has 6 heteroatoms. The number of amides is 1. The number of hydrogen-bond donors (Lipinski definition) is 1. The number of carbonyl (C=O) groups excluding carboxylic acids is 1. The van der Waals surface area contributed by atoms with Gasteiger partial charge in [0.2, 0.25) is 0 Å². The molecular formula is C31H26N4O2. The van der Waals surface area contributed by atoms with Crippen LogP contribution in [0.25, 0.3) is 22.0 Å². The minimum Gasteiger partial charge on any atom is -0.456 e. The molecule has 6 nitrogen and oxygen atoms in total. The fourth-order valence-corrected chi connectivity index (χ4v) is 4.39. The van der Waals surface area contributed by atoms with E-state index in [0.29, 0.717) is 29.5 Å². The molecule has 2 heterocycles. The van der Waals surface area contributed by atoms with Gasteiger partial charge in [-0.3, -0.25) is 9.78 Å². The van der Waals surface area contributed by atoms with Gasteiger partial charge < -0.3 is 10.1 Å². The summed E-state index contributed by atoms with van der Waals surface area (Å²) in [6.07, 6.45) is 7.88. The normalized spacial score (nSPS) is 12.9. The first kappa shape index (κ1) is 22.9. The molecule has 0 unspecified atom stereocenters. The summed E-state index contributed by atoms with van der Waals surface area (Å²) in [5.74, 6) is 2.65. The van der Waals surface area contributed by atoms with Gasteiger partial charge in [-0.2, -0.15) is 0 Å². The molecule has 1 fully saturated rings. The Bertz CT molecular complexity index is 1580. The van der Waals surface area contributed by atoms with E-state index in [-0.39, 0.29) is 5.91 Å². The summed E-state index contributed by atoms with van der Waals surface area (Å²) in [6, 6.07) is 23.3. The molecule has 1 aliphatic rings. The highest BCUT2D eigenvalue weighted by Crippen LogP contribution is 2.38. The predicted molar refractivity (Wildman–Crippen MR) is 144 cm³/mol. The first-order chi connectivity index (χ1) is 18.2. The minimum atomic E-state index is -0.133. The molecular weight excluding hydrogens is 460 g/mol. The molecule has 1 aliphatic carbocycles. The highest BCUT2D eigenvalue weighted by Gasteiger charge is 2.26. The van der Waals surface area contributed by atoms with E-state index in [1.807, 2.05) is 92.1 Å². The molecule has 1 amide bonds. The molecule has 3 aromatic carbocycles. The third-order valence-corrected chi connectivity index (χ3v) is 6.69. The number of hydrogen-bond acceptors (Lipinski definition) is 5. The third-order valence-electron chi connectivity index (χ3n) is 6.69. The Morgan fingerprint density at radius 3 is 2.49 bits per heavy atom. The van der Waals surface area contributed by atoms with Crippen LogP contribution in [0.4, 0.5) is 0 Å². The largest absolute Gasteiger partial charge is 0.456 e. The highest BCUT2D eigenvalue weighted by molar-refractivity contribution is 5.96. The van der Waals surface area contributed by atoms with Crippen molar-refractivity contribution < 1.29 is 9.53 Å². The Labute approximate surface area is 215 Å². The zero-order chi connectivity index (χ0) is 25.2. The lowest BCUT2D eigenvalue weighted by molar-refractivity contribution is 0.0950. The summed E-state index contributed by atoms with van der Waals surface area (Å²) in [7, 11) is 0. The van der Waals surface area contributed by atoms with E-state index < -0.39 is 0 Å². The van der Waals surface area contributed by atoms with E-state index in [9.17, 15) is 4.79 Å². The van der Waals surface area contributed by atoms with Crippen molar-refractivity contribution in [2.75, 3.05) is 0 Å². The van der Waals surface area contributed by atoms with Gasteiger partial charge in [0.25, 0.3) is 5.91 Å². The number of aromatic nitrogens is 3. The number of fused-ring (bicyclic) bond motifs is 1. The molecule has 1 N–H and O–H groups in total. The Hall–Kier alpha value is -4.58. The molecule has 1 saturated carbocycles. The van der Waals surface area contributed by atoms with E-state index in [2.05, 4.69) is 20.3 Å². The van der Waals surface area contributed by atoms with Gasteiger partial charge in [0, 0.05) is 53.1 Å². The van der Waals surface area contributed by atoms with Gasteiger partial charge in [-0.05, 0) is 61.2 Å². The van der Waals surface area contributed by atoms with Crippen LogP contribution < -0.4 is 10.1 Å². The lowest BCUT2D eigenvalue weighted by Gasteiger charge is -2.14. The molecule has 0 bridgehead atoms. The van der Waals surface area contributed by atoms with Crippen LogP contribution >= 0.6 is 0 Å². The number of pyridine rings is 1. The van der Waals surface area contributed by atoms with Crippen LogP contribution in [0.3, 0.4) is 0 Å². The number of benzene rings is 3. The predicted octanol–water partition coefficient (Wildman–Crippen LogP) is 6.60. The summed E-state index contributed by atoms with van der Waals surface area (Å²) < 4.78 is 6.33. The molecule has 0 aliphatic heterocycles. The number of nitrogens with one attached hydrogen (secondary N) is 1. The maximum absolute atomic E-state index is 12.9. The maximum Gasteiger partial charge on any atom is 0.251 e. The van der Waals surface area contributed by atoms with E-state index in [0.717, 1.165) is 39.0 Å². The van der Waals surface area contributed by atoms with Crippen molar-refractivity contribution in [3.8, 4) is 22.6 Å². The first-order valence-corrected chi connectivity index (χ1v) is 12.5. The van der Waals surface area contributed by atoms with Gasteiger partial charge in [0.1, 0.15) is 17.3 Å². The fourth-order valence-electron chi connectivity index (χ4n) is 4.39. The van der Waals surface area contributed by atoms with Gasteiger partial charge in [-0.25, -0.2) is 9.97 Å². The fraction of sp³-hybridized carbons (Fsp3) is 0.161. The van der Waals surface area contributed by atoms with Crippen LogP contribution in [0.15, 0.2) is 91.4 Å². The average Bonchev–Trinajstić information content (AvgIpc) is 3.79. The molecule has 0 saturated heterocycles. The molecule has 37 heavy (non-hydrogen) atoms. The van der Waals surface area contributed by atoms with Crippen LogP contribution in [0.5, 0.6) is 11.5 Å².